The summed E-state index contributed by atoms with van der Waals surface area (Å²) >= 11 is 1.48. The zero-order valence-electron chi connectivity index (χ0n) is 18.2. The van der Waals surface area contributed by atoms with E-state index in [0.717, 1.165) is 66.3 Å². The highest BCUT2D eigenvalue weighted by atomic mass is 32.2. The zero-order valence-corrected chi connectivity index (χ0v) is 19.0. The SMILES string of the molecule is Cc1cc(=O)oc2cc(Sc3nc4c(N)ncnc4n3CCC3CCN(C=O)CC3)ccc12. The van der Waals surface area contributed by atoms with Crippen LogP contribution in [0.15, 0.2) is 49.9 Å². The van der Waals surface area contributed by atoms with Crippen molar-refractivity contribution in [1.29, 1.82) is 0 Å². The maximum atomic E-state index is 11.8. The standard InChI is InChI=1S/C23H24N6O3S/c1-14-10-19(31)32-18-11-16(2-3-17(14)18)33-23-27-20-21(24)25-12-26-22(20)29(23)9-6-15-4-7-28(13-30)8-5-15/h2-3,10-13,15H,4-9H2,1H3,(H2,24,25,26). The minimum Gasteiger partial charge on any atom is -0.423 e. The van der Waals surface area contributed by atoms with E-state index in [9.17, 15) is 9.59 Å². The third kappa shape index (κ3) is 4.30. The Balaban J connectivity index is 1.45. The molecule has 2 N–H and O–H groups in total. The third-order valence-corrected chi connectivity index (χ3v) is 7.20. The molecule has 1 saturated heterocycles. The van der Waals surface area contributed by atoms with E-state index in [1.807, 2.05) is 30.0 Å². The van der Waals surface area contributed by atoms with E-state index in [4.69, 9.17) is 15.1 Å². The molecule has 1 aliphatic rings. The molecule has 33 heavy (non-hydrogen) atoms. The first-order chi connectivity index (χ1) is 16.0. The van der Waals surface area contributed by atoms with Crippen molar-refractivity contribution in [2.45, 2.75) is 42.8 Å². The van der Waals surface area contributed by atoms with Gasteiger partial charge in [0.1, 0.15) is 11.9 Å². The van der Waals surface area contributed by atoms with E-state index in [1.165, 1.54) is 24.2 Å². The summed E-state index contributed by atoms with van der Waals surface area (Å²) in [6.45, 7) is 4.24. The van der Waals surface area contributed by atoms with Gasteiger partial charge in [-0.3, -0.25) is 4.79 Å². The number of fused-ring (bicyclic) bond motifs is 2. The largest absolute Gasteiger partial charge is 0.423 e. The van der Waals surface area contributed by atoms with Crippen LogP contribution in [0.1, 0.15) is 24.8 Å². The number of imidazole rings is 1. The molecule has 3 aromatic heterocycles. The Kier molecular flexibility index (Phi) is 5.76. The van der Waals surface area contributed by atoms with Crippen LogP contribution < -0.4 is 11.4 Å². The van der Waals surface area contributed by atoms with Crippen molar-refractivity contribution in [1.82, 2.24) is 24.4 Å². The topological polar surface area (TPSA) is 120 Å². The van der Waals surface area contributed by atoms with Gasteiger partial charge in [-0.1, -0.05) is 11.8 Å². The number of aryl methyl sites for hydroxylation is 2. The first-order valence-corrected chi connectivity index (χ1v) is 11.7. The highest BCUT2D eigenvalue weighted by Crippen LogP contribution is 2.33. The number of piperidine rings is 1. The van der Waals surface area contributed by atoms with Gasteiger partial charge < -0.3 is 19.6 Å². The molecular formula is C23H24N6O3S. The Morgan fingerprint density at radius 3 is 2.85 bits per heavy atom. The molecule has 10 heteroatoms. The zero-order chi connectivity index (χ0) is 22.9. The van der Waals surface area contributed by atoms with Crippen molar-refractivity contribution in [3.05, 3.63) is 46.6 Å². The van der Waals surface area contributed by atoms with Gasteiger partial charge in [0, 0.05) is 36.0 Å². The maximum absolute atomic E-state index is 11.8. The fourth-order valence-corrected chi connectivity index (χ4v) is 5.28. The number of likely N-dealkylation sites (tertiary alicyclic amines) is 1. The lowest BCUT2D eigenvalue weighted by atomic mass is 9.94. The molecule has 1 fully saturated rings. The minimum atomic E-state index is -0.363. The Bertz CT molecular complexity index is 1390. The molecule has 0 atom stereocenters. The summed E-state index contributed by atoms with van der Waals surface area (Å²) < 4.78 is 7.49. The van der Waals surface area contributed by atoms with Crippen LogP contribution in [0.5, 0.6) is 0 Å². The summed E-state index contributed by atoms with van der Waals surface area (Å²) in [6.07, 6.45) is 5.34. The van der Waals surface area contributed by atoms with Crippen LogP contribution in [-0.4, -0.2) is 43.9 Å². The molecule has 1 amide bonds. The number of rotatable bonds is 6. The lowest BCUT2D eigenvalue weighted by Gasteiger charge is -2.29. The van der Waals surface area contributed by atoms with Crippen molar-refractivity contribution in [3.63, 3.8) is 0 Å². The van der Waals surface area contributed by atoms with Crippen LogP contribution in [0.4, 0.5) is 5.82 Å². The summed E-state index contributed by atoms with van der Waals surface area (Å²) in [5.74, 6) is 0.883. The van der Waals surface area contributed by atoms with Crippen LogP contribution >= 0.6 is 11.8 Å². The van der Waals surface area contributed by atoms with E-state index < -0.39 is 0 Å². The molecule has 0 saturated carbocycles. The molecule has 5 rings (SSSR count). The van der Waals surface area contributed by atoms with E-state index in [2.05, 4.69) is 14.5 Å². The molecule has 0 unspecified atom stereocenters. The van der Waals surface area contributed by atoms with E-state index in [0.29, 0.717) is 28.5 Å². The number of amides is 1. The van der Waals surface area contributed by atoms with E-state index in [-0.39, 0.29) is 5.63 Å². The lowest BCUT2D eigenvalue weighted by molar-refractivity contribution is -0.119. The average molecular weight is 465 g/mol. The predicted molar refractivity (Wildman–Crippen MR) is 126 cm³/mol. The number of carbonyl (C=O) groups is 1. The van der Waals surface area contributed by atoms with Crippen LogP contribution in [-0.2, 0) is 11.3 Å². The second-order valence-electron chi connectivity index (χ2n) is 8.36. The number of anilines is 1. The summed E-state index contributed by atoms with van der Waals surface area (Å²) in [5, 5.41) is 1.67. The van der Waals surface area contributed by atoms with Crippen LogP contribution in [0.2, 0.25) is 0 Å². The number of nitrogens with zero attached hydrogens (tertiary/aromatic N) is 5. The smallest absolute Gasteiger partial charge is 0.336 e. The van der Waals surface area contributed by atoms with Gasteiger partial charge in [-0.05, 0) is 55.9 Å². The normalized spacial score (nSPS) is 14.9. The number of hydrogen-bond acceptors (Lipinski definition) is 8. The quantitative estimate of drug-likeness (QED) is 0.341. The number of nitrogens with two attached hydrogens (primary N) is 1. The molecule has 1 aromatic carbocycles. The van der Waals surface area contributed by atoms with Crippen molar-refractivity contribution in [2.75, 3.05) is 18.8 Å². The second-order valence-corrected chi connectivity index (χ2v) is 9.40. The van der Waals surface area contributed by atoms with Crippen molar-refractivity contribution in [2.24, 2.45) is 5.92 Å². The average Bonchev–Trinajstić information content (AvgIpc) is 3.16. The summed E-state index contributed by atoms with van der Waals surface area (Å²) in [5.41, 5.74) is 8.44. The molecule has 9 nitrogen and oxygen atoms in total. The molecule has 0 aliphatic carbocycles. The fraction of sp³-hybridized carbons (Fsp3) is 0.348. The number of carbonyl (C=O) groups excluding carboxylic acids is 1. The summed E-state index contributed by atoms with van der Waals surface area (Å²) in [4.78, 5) is 38.8. The van der Waals surface area contributed by atoms with Gasteiger partial charge in [0.25, 0.3) is 0 Å². The highest BCUT2D eigenvalue weighted by Gasteiger charge is 2.21. The van der Waals surface area contributed by atoms with Crippen molar-refractivity contribution in [3.8, 4) is 0 Å². The van der Waals surface area contributed by atoms with Gasteiger partial charge in [0.15, 0.2) is 22.1 Å². The number of hydrogen-bond donors (Lipinski definition) is 1. The molecule has 0 bridgehead atoms. The van der Waals surface area contributed by atoms with Gasteiger partial charge in [-0.25, -0.2) is 19.7 Å². The minimum absolute atomic E-state index is 0.347. The van der Waals surface area contributed by atoms with Crippen LogP contribution in [0, 0.1) is 12.8 Å². The first-order valence-electron chi connectivity index (χ1n) is 10.9. The molecule has 0 radical (unpaired) electrons. The number of benzene rings is 1. The second kappa shape index (κ2) is 8.86. The van der Waals surface area contributed by atoms with E-state index in [1.54, 1.807) is 0 Å². The molecule has 4 heterocycles. The summed E-state index contributed by atoms with van der Waals surface area (Å²) in [7, 11) is 0. The number of nitrogen functional groups attached to an aromatic ring is 1. The van der Waals surface area contributed by atoms with Crippen LogP contribution in [0.3, 0.4) is 0 Å². The summed E-state index contributed by atoms with van der Waals surface area (Å²) in [6, 6.07) is 7.31. The van der Waals surface area contributed by atoms with Gasteiger partial charge in [0.05, 0.1) is 0 Å². The molecule has 4 aromatic rings. The molecular weight excluding hydrogens is 440 g/mol. The first kappa shape index (κ1) is 21.4. The van der Waals surface area contributed by atoms with Gasteiger partial charge in [0.2, 0.25) is 6.41 Å². The van der Waals surface area contributed by atoms with Gasteiger partial charge in [-0.2, -0.15) is 0 Å². The number of aromatic nitrogens is 4. The molecule has 170 valence electrons. The Labute approximate surface area is 194 Å². The van der Waals surface area contributed by atoms with Gasteiger partial charge in [-0.15, -0.1) is 0 Å². The Hall–Kier alpha value is -3.40. The maximum Gasteiger partial charge on any atom is 0.336 e. The van der Waals surface area contributed by atoms with Crippen molar-refractivity contribution >= 4 is 46.1 Å². The molecule has 0 spiro atoms. The lowest BCUT2D eigenvalue weighted by Crippen LogP contribution is -2.32. The predicted octanol–water partition coefficient (Wildman–Crippen LogP) is 3.23. The van der Waals surface area contributed by atoms with Gasteiger partial charge >= 0.3 is 5.63 Å². The molecule has 1 aliphatic heterocycles. The van der Waals surface area contributed by atoms with E-state index >= 15 is 0 Å². The Morgan fingerprint density at radius 2 is 2.06 bits per heavy atom. The van der Waals surface area contributed by atoms with Crippen LogP contribution in [0.25, 0.3) is 22.1 Å². The Morgan fingerprint density at radius 1 is 1.24 bits per heavy atom. The third-order valence-electron chi connectivity index (χ3n) is 6.22. The monoisotopic (exact) mass is 464 g/mol. The highest BCUT2D eigenvalue weighted by molar-refractivity contribution is 7.99. The fourth-order valence-electron chi connectivity index (χ4n) is 4.35. The van der Waals surface area contributed by atoms with Crippen molar-refractivity contribution < 1.29 is 9.21 Å².